The first-order chi connectivity index (χ1) is 6.35. The van der Waals surface area contributed by atoms with Crippen LogP contribution < -0.4 is 0 Å². The molecular weight excluding hydrogens is 232 g/mol. The summed E-state index contributed by atoms with van der Waals surface area (Å²) in [6, 6.07) is 0. The Morgan fingerprint density at radius 1 is 1.50 bits per heavy atom. The third-order valence-electron chi connectivity index (χ3n) is 1.46. The first-order valence-electron chi connectivity index (χ1n) is 3.73. The van der Waals surface area contributed by atoms with Gasteiger partial charge in [0.05, 0.1) is 18.1 Å². The molecule has 0 saturated carbocycles. The second-order valence-electron chi connectivity index (χ2n) is 2.78. The maximum Gasteiger partial charge on any atom is 0.400 e. The Morgan fingerprint density at radius 3 is 2.57 bits per heavy atom. The number of rotatable bonds is 4. The van der Waals surface area contributed by atoms with Gasteiger partial charge in [0.15, 0.2) is 9.84 Å². The Kier molecular flexibility index (Phi) is 3.30. The van der Waals surface area contributed by atoms with Crippen molar-refractivity contribution in [2.24, 2.45) is 0 Å². The molecule has 0 aromatic rings. The lowest BCUT2D eigenvalue weighted by Crippen LogP contribution is -2.24. The fourth-order valence-corrected chi connectivity index (χ4v) is 3.13. The molecule has 0 aliphatic carbocycles. The minimum atomic E-state index is -3.97. The van der Waals surface area contributed by atoms with Gasteiger partial charge in [-0.25, -0.2) is 16.8 Å². The van der Waals surface area contributed by atoms with Crippen LogP contribution in [0.15, 0.2) is 12.7 Å². The van der Waals surface area contributed by atoms with Gasteiger partial charge in [0, 0.05) is 0 Å². The molecule has 1 aliphatic rings. The molecule has 1 atom stereocenters. The molecule has 14 heavy (non-hydrogen) atoms. The molecule has 1 fully saturated rings. The molecule has 8 heteroatoms. The van der Waals surface area contributed by atoms with Gasteiger partial charge in [-0.1, -0.05) is 6.08 Å². The van der Waals surface area contributed by atoms with Crippen LogP contribution in [0.5, 0.6) is 0 Å². The number of hydrogen-bond acceptors (Lipinski definition) is 6. The maximum absolute atomic E-state index is 11.2. The topological polar surface area (TPSA) is 86.7 Å². The number of sulfone groups is 1. The van der Waals surface area contributed by atoms with Crippen LogP contribution >= 0.6 is 0 Å². The molecule has 1 saturated heterocycles. The Balaban J connectivity index is 2.60. The molecule has 0 aromatic carbocycles. The van der Waals surface area contributed by atoms with Crippen LogP contribution in [0.2, 0.25) is 0 Å². The Labute approximate surface area is 82.8 Å². The molecule has 82 valence electrons. The predicted octanol–water partition coefficient (Wildman–Crippen LogP) is -0.753. The van der Waals surface area contributed by atoms with E-state index >= 15 is 0 Å². The van der Waals surface area contributed by atoms with Crippen molar-refractivity contribution in [1.82, 2.24) is 0 Å². The van der Waals surface area contributed by atoms with Gasteiger partial charge in [0.2, 0.25) is 0 Å². The molecule has 1 rings (SSSR count). The summed E-state index contributed by atoms with van der Waals surface area (Å²) in [7, 11) is -7.33. The standard InChI is InChI=1S/C6H10O6S2/c1-2-3-13(7,8)5-6-4-11-14(9,10)12-6/h2,6H,1,3-5H2. The van der Waals surface area contributed by atoms with E-state index in [9.17, 15) is 16.8 Å². The Hall–Kier alpha value is -0.440. The fourth-order valence-electron chi connectivity index (χ4n) is 0.988. The first-order valence-corrected chi connectivity index (χ1v) is 6.89. The molecule has 0 spiro atoms. The van der Waals surface area contributed by atoms with Crippen LogP contribution in [-0.4, -0.2) is 41.1 Å². The monoisotopic (exact) mass is 242 g/mol. The largest absolute Gasteiger partial charge is 0.400 e. The van der Waals surface area contributed by atoms with Gasteiger partial charge in [-0.3, -0.25) is 0 Å². The zero-order valence-corrected chi connectivity index (χ0v) is 8.88. The van der Waals surface area contributed by atoms with Gasteiger partial charge < -0.3 is 0 Å². The summed E-state index contributed by atoms with van der Waals surface area (Å²) in [5, 5.41) is 0. The van der Waals surface area contributed by atoms with E-state index in [1.54, 1.807) is 0 Å². The lowest BCUT2D eigenvalue weighted by atomic mass is 10.4. The quantitative estimate of drug-likeness (QED) is 0.603. The van der Waals surface area contributed by atoms with Gasteiger partial charge >= 0.3 is 10.4 Å². The van der Waals surface area contributed by atoms with Crippen molar-refractivity contribution in [3.05, 3.63) is 12.7 Å². The lowest BCUT2D eigenvalue weighted by molar-refractivity contribution is 0.260. The van der Waals surface area contributed by atoms with Crippen molar-refractivity contribution < 1.29 is 25.2 Å². The molecule has 0 aromatic heterocycles. The predicted molar refractivity (Wildman–Crippen MR) is 48.6 cm³/mol. The summed E-state index contributed by atoms with van der Waals surface area (Å²) in [6.07, 6.45) is 0.296. The SMILES string of the molecule is C=CCS(=O)(=O)CC1COS(=O)(=O)O1. The van der Waals surface area contributed by atoms with Crippen molar-refractivity contribution >= 4 is 20.2 Å². The molecule has 0 N–H and O–H groups in total. The smallest absolute Gasteiger partial charge is 0.245 e. The highest BCUT2D eigenvalue weighted by molar-refractivity contribution is 7.91. The average molecular weight is 242 g/mol. The van der Waals surface area contributed by atoms with Crippen molar-refractivity contribution in [3.63, 3.8) is 0 Å². The second kappa shape index (κ2) is 3.97. The van der Waals surface area contributed by atoms with E-state index < -0.39 is 26.3 Å². The van der Waals surface area contributed by atoms with E-state index in [2.05, 4.69) is 14.9 Å². The molecule has 1 aliphatic heterocycles. The van der Waals surface area contributed by atoms with E-state index in [0.29, 0.717) is 0 Å². The summed E-state index contributed by atoms with van der Waals surface area (Å²) in [5.41, 5.74) is 0. The van der Waals surface area contributed by atoms with Gasteiger partial charge in [0.25, 0.3) is 0 Å². The summed E-state index contributed by atoms with van der Waals surface area (Å²) < 4.78 is 52.2. The molecule has 6 nitrogen and oxygen atoms in total. The van der Waals surface area contributed by atoms with Crippen molar-refractivity contribution in [3.8, 4) is 0 Å². The van der Waals surface area contributed by atoms with Gasteiger partial charge in [-0.15, -0.1) is 6.58 Å². The second-order valence-corrected chi connectivity index (χ2v) is 6.18. The van der Waals surface area contributed by atoms with Crippen LogP contribution in [0, 0.1) is 0 Å². The van der Waals surface area contributed by atoms with E-state index in [4.69, 9.17) is 0 Å². The minimum absolute atomic E-state index is 0.201. The van der Waals surface area contributed by atoms with Gasteiger partial charge in [0.1, 0.15) is 6.10 Å². The zero-order valence-electron chi connectivity index (χ0n) is 7.25. The minimum Gasteiger partial charge on any atom is -0.245 e. The molecule has 0 bridgehead atoms. The maximum atomic E-state index is 11.2. The first kappa shape index (κ1) is 11.6. The Morgan fingerprint density at radius 2 is 2.14 bits per heavy atom. The molecule has 0 amide bonds. The molecule has 1 unspecified atom stereocenters. The number of hydrogen-bond donors (Lipinski definition) is 0. The van der Waals surface area contributed by atoms with E-state index in [1.807, 2.05) is 0 Å². The Bertz CT molecular complexity index is 406. The third-order valence-corrected chi connectivity index (χ3v) is 4.02. The lowest BCUT2D eigenvalue weighted by Gasteiger charge is -2.04. The van der Waals surface area contributed by atoms with E-state index in [-0.39, 0.29) is 18.1 Å². The average Bonchev–Trinajstić information content (AvgIpc) is 2.28. The van der Waals surface area contributed by atoms with Crippen LogP contribution in [0.3, 0.4) is 0 Å². The molecule has 0 radical (unpaired) electrons. The van der Waals surface area contributed by atoms with Crippen LogP contribution in [0.1, 0.15) is 0 Å². The summed E-state index contributed by atoms with van der Waals surface area (Å²) in [6.45, 7) is 3.03. The van der Waals surface area contributed by atoms with E-state index in [0.717, 1.165) is 0 Å². The molecular formula is C6H10O6S2. The zero-order chi connectivity index (χ0) is 10.8. The molecule has 1 heterocycles. The van der Waals surface area contributed by atoms with Crippen LogP contribution in [0.4, 0.5) is 0 Å². The highest BCUT2D eigenvalue weighted by atomic mass is 32.3. The fraction of sp³-hybridized carbons (Fsp3) is 0.667. The normalized spacial score (nSPS) is 26.1. The summed E-state index contributed by atoms with van der Waals surface area (Å²) in [4.78, 5) is 0. The van der Waals surface area contributed by atoms with E-state index in [1.165, 1.54) is 6.08 Å². The third kappa shape index (κ3) is 3.37. The van der Waals surface area contributed by atoms with Gasteiger partial charge in [-0.05, 0) is 0 Å². The van der Waals surface area contributed by atoms with Crippen molar-refractivity contribution in [1.29, 1.82) is 0 Å². The highest BCUT2D eigenvalue weighted by Crippen LogP contribution is 2.14. The van der Waals surface area contributed by atoms with Gasteiger partial charge in [-0.2, -0.15) is 8.42 Å². The van der Waals surface area contributed by atoms with Crippen LogP contribution in [-0.2, 0) is 28.6 Å². The van der Waals surface area contributed by atoms with Crippen LogP contribution in [0.25, 0.3) is 0 Å². The van der Waals surface area contributed by atoms with Crippen molar-refractivity contribution in [2.75, 3.05) is 18.1 Å². The highest BCUT2D eigenvalue weighted by Gasteiger charge is 2.33. The van der Waals surface area contributed by atoms with Crippen molar-refractivity contribution in [2.45, 2.75) is 6.10 Å². The summed E-state index contributed by atoms with van der Waals surface area (Å²) in [5.74, 6) is -0.578. The summed E-state index contributed by atoms with van der Waals surface area (Å²) >= 11 is 0.